The number of amides is 1. The summed E-state index contributed by atoms with van der Waals surface area (Å²) in [5.41, 5.74) is -1.15. The van der Waals surface area contributed by atoms with Crippen molar-refractivity contribution in [2.45, 2.75) is 6.54 Å². The number of nitrogens with zero attached hydrogens (tertiary/aromatic N) is 2. The molecule has 9 heteroatoms. The van der Waals surface area contributed by atoms with Gasteiger partial charge in [0.1, 0.15) is 34.8 Å². The molecule has 0 fully saturated rings. The monoisotopic (exact) mass is 373 g/mol. The number of oxazole rings is 1. The van der Waals surface area contributed by atoms with E-state index in [0.717, 1.165) is 30.7 Å². The summed E-state index contributed by atoms with van der Waals surface area (Å²) in [6, 6.07) is 4.98. The molecular weight excluding hydrogens is 363 g/mol. The van der Waals surface area contributed by atoms with Crippen molar-refractivity contribution in [2.75, 3.05) is 0 Å². The van der Waals surface area contributed by atoms with E-state index in [9.17, 15) is 23.1 Å². The van der Waals surface area contributed by atoms with Crippen molar-refractivity contribution in [1.82, 2.24) is 10.3 Å². The first-order chi connectivity index (χ1) is 12.9. The van der Waals surface area contributed by atoms with Crippen LogP contribution in [-0.2, 0) is 6.54 Å². The molecule has 27 heavy (non-hydrogen) atoms. The lowest BCUT2D eigenvalue weighted by Crippen LogP contribution is -2.24. The van der Waals surface area contributed by atoms with Gasteiger partial charge in [0.15, 0.2) is 12.2 Å². The molecule has 1 heterocycles. The van der Waals surface area contributed by atoms with Gasteiger partial charge in [0.25, 0.3) is 5.91 Å². The van der Waals surface area contributed by atoms with Gasteiger partial charge in [-0.3, -0.25) is 4.79 Å². The molecular formula is C18H10F3N3O3. The highest BCUT2D eigenvalue weighted by atomic mass is 19.1. The number of rotatable bonds is 4. The molecule has 1 amide bonds. The van der Waals surface area contributed by atoms with Gasteiger partial charge in [0.2, 0.25) is 0 Å². The van der Waals surface area contributed by atoms with Crippen molar-refractivity contribution in [3.05, 3.63) is 71.0 Å². The second-order valence-corrected chi connectivity index (χ2v) is 5.44. The van der Waals surface area contributed by atoms with Crippen molar-refractivity contribution in [1.29, 1.82) is 5.26 Å². The van der Waals surface area contributed by atoms with Gasteiger partial charge >= 0.3 is 0 Å². The second-order valence-electron chi connectivity index (χ2n) is 5.44. The van der Waals surface area contributed by atoms with E-state index in [1.54, 1.807) is 0 Å². The van der Waals surface area contributed by atoms with E-state index >= 15 is 0 Å². The van der Waals surface area contributed by atoms with Crippen molar-refractivity contribution in [3.63, 3.8) is 0 Å². The van der Waals surface area contributed by atoms with E-state index in [4.69, 9.17) is 9.68 Å². The van der Waals surface area contributed by atoms with E-state index in [2.05, 4.69) is 10.3 Å². The number of aromatic nitrogens is 1. The minimum Gasteiger partial charge on any atom is -0.507 e. The number of hydrogen-bond donors (Lipinski definition) is 2. The first kappa shape index (κ1) is 18.0. The van der Waals surface area contributed by atoms with Gasteiger partial charge in [-0.15, -0.1) is 0 Å². The first-order valence-electron chi connectivity index (χ1n) is 7.48. The molecule has 0 atom stereocenters. The number of aromatic hydroxyl groups is 1. The van der Waals surface area contributed by atoms with E-state index < -0.39 is 40.2 Å². The molecule has 0 unspecified atom stereocenters. The number of phenols is 1. The minimum atomic E-state index is -1.07. The third-order valence-electron chi connectivity index (χ3n) is 3.69. The number of carbonyl (C=O) groups is 1. The normalized spacial score (nSPS) is 10.4. The number of benzene rings is 2. The number of hydrogen-bond acceptors (Lipinski definition) is 5. The third kappa shape index (κ3) is 3.59. The predicted octanol–water partition coefficient (Wildman–Crippen LogP) is 3.27. The van der Waals surface area contributed by atoms with E-state index in [0.29, 0.717) is 0 Å². The van der Waals surface area contributed by atoms with E-state index in [1.807, 2.05) is 0 Å². The van der Waals surface area contributed by atoms with Crippen LogP contribution in [0, 0.1) is 28.8 Å². The molecule has 0 aliphatic carbocycles. The Balaban J connectivity index is 1.79. The number of nitriles is 1. The van der Waals surface area contributed by atoms with Gasteiger partial charge in [-0.25, -0.2) is 18.2 Å². The molecule has 0 saturated carbocycles. The molecule has 6 nitrogen and oxygen atoms in total. The SMILES string of the molecule is N#Cc1c(F)cc(CNC(=O)c2cc(O)c(-c3cnco3)cc2F)cc1F. The van der Waals surface area contributed by atoms with Gasteiger partial charge in [-0.2, -0.15) is 5.26 Å². The van der Waals surface area contributed by atoms with Crippen molar-refractivity contribution in [2.24, 2.45) is 0 Å². The fraction of sp³-hybridized carbons (Fsp3) is 0.0556. The van der Waals surface area contributed by atoms with E-state index in [-0.39, 0.29) is 23.4 Å². The number of carbonyl (C=O) groups excluding carboxylic acids is 1. The lowest BCUT2D eigenvalue weighted by molar-refractivity contribution is 0.0946. The summed E-state index contributed by atoms with van der Waals surface area (Å²) in [6.45, 7) is -0.317. The zero-order chi connectivity index (χ0) is 19.6. The Bertz CT molecular complexity index is 1040. The van der Waals surface area contributed by atoms with E-state index in [1.165, 1.54) is 12.3 Å². The summed E-state index contributed by atoms with van der Waals surface area (Å²) >= 11 is 0. The molecule has 136 valence electrons. The zero-order valence-corrected chi connectivity index (χ0v) is 13.5. The first-order valence-corrected chi connectivity index (χ1v) is 7.48. The lowest BCUT2D eigenvalue weighted by Gasteiger charge is -2.09. The van der Waals surface area contributed by atoms with Crippen LogP contribution < -0.4 is 5.32 Å². The van der Waals surface area contributed by atoms with Crippen molar-refractivity contribution >= 4 is 5.91 Å². The Hall–Kier alpha value is -3.80. The molecule has 1 aromatic heterocycles. The van der Waals surface area contributed by atoms with Crippen molar-refractivity contribution < 1.29 is 27.5 Å². The Morgan fingerprint density at radius 1 is 1.19 bits per heavy atom. The third-order valence-corrected chi connectivity index (χ3v) is 3.69. The van der Waals surface area contributed by atoms with Crippen LogP contribution in [0.4, 0.5) is 13.2 Å². The van der Waals surface area contributed by atoms with Gasteiger partial charge < -0.3 is 14.8 Å². The maximum absolute atomic E-state index is 14.2. The summed E-state index contributed by atoms with van der Waals surface area (Å²) in [6.07, 6.45) is 2.37. The highest BCUT2D eigenvalue weighted by molar-refractivity contribution is 5.95. The molecule has 3 aromatic rings. The Morgan fingerprint density at radius 3 is 2.48 bits per heavy atom. The molecule has 2 aromatic carbocycles. The standard InChI is InChI=1S/C18H10F3N3O3/c19-13-1-9(2-14(20)12(13)5-22)6-24-18(26)10-4-16(25)11(3-15(10)21)17-7-23-8-27-17/h1-4,7-8,25H,6H2,(H,24,26). The number of phenolic OH excluding ortho intramolecular Hbond substituents is 1. The molecule has 0 aliphatic heterocycles. The van der Waals surface area contributed by atoms with Crippen LogP contribution in [0.15, 0.2) is 41.3 Å². The maximum Gasteiger partial charge on any atom is 0.254 e. The van der Waals surface area contributed by atoms with Crippen LogP contribution in [0.5, 0.6) is 5.75 Å². The highest BCUT2D eigenvalue weighted by Crippen LogP contribution is 2.31. The largest absolute Gasteiger partial charge is 0.507 e. The molecule has 0 spiro atoms. The second kappa shape index (κ2) is 7.21. The highest BCUT2D eigenvalue weighted by Gasteiger charge is 2.18. The van der Waals surface area contributed by atoms with Gasteiger partial charge in [0.05, 0.1) is 17.3 Å². The van der Waals surface area contributed by atoms with Crippen LogP contribution in [0.25, 0.3) is 11.3 Å². The molecule has 0 aliphatic rings. The smallest absolute Gasteiger partial charge is 0.254 e. The topological polar surface area (TPSA) is 99.2 Å². The Kier molecular flexibility index (Phi) is 4.81. The summed E-state index contributed by atoms with van der Waals surface area (Å²) in [5, 5.41) is 20.9. The molecule has 3 rings (SSSR count). The van der Waals surface area contributed by atoms with Crippen LogP contribution in [0.2, 0.25) is 0 Å². The minimum absolute atomic E-state index is 0.0118. The summed E-state index contributed by atoms with van der Waals surface area (Å²) < 4.78 is 46.4. The van der Waals surface area contributed by atoms with Gasteiger partial charge in [-0.05, 0) is 29.8 Å². The molecule has 0 saturated heterocycles. The van der Waals surface area contributed by atoms with Crippen LogP contribution in [0.1, 0.15) is 21.5 Å². The maximum atomic E-state index is 14.2. The fourth-order valence-corrected chi connectivity index (χ4v) is 2.39. The number of halogens is 3. The average molecular weight is 373 g/mol. The summed E-state index contributed by atoms with van der Waals surface area (Å²) in [7, 11) is 0. The Morgan fingerprint density at radius 2 is 1.89 bits per heavy atom. The van der Waals surface area contributed by atoms with Crippen LogP contribution in [0.3, 0.4) is 0 Å². The number of nitrogens with one attached hydrogen (secondary N) is 1. The Labute approximate surface area is 150 Å². The van der Waals surface area contributed by atoms with Gasteiger partial charge in [-0.1, -0.05) is 0 Å². The summed E-state index contributed by atoms with van der Waals surface area (Å²) in [5.74, 6) is -4.27. The van der Waals surface area contributed by atoms with Crippen molar-refractivity contribution in [3.8, 4) is 23.1 Å². The van der Waals surface area contributed by atoms with Gasteiger partial charge in [0, 0.05) is 6.54 Å². The fourth-order valence-electron chi connectivity index (χ4n) is 2.39. The average Bonchev–Trinajstić information content (AvgIpc) is 3.15. The van der Waals surface area contributed by atoms with Crippen LogP contribution in [-0.4, -0.2) is 16.0 Å². The molecule has 0 radical (unpaired) electrons. The summed E-state index contributed by atoms with van der Waals surface area (Å²) in [4.78, 5) is 15.8. The quantitative estimate of drug-likeness (QED) is 0.731. The molecule has 0 bridgehead atoms. The molecule has 2 N–H and O–H groups in total. The predicted molar refractivity (Wildman–Crippen MR) is 85.8 cm³/mol. The van der Waals surface area contributed by atoms with Crippen LogP contribution >= 0.6 is 0 Å². The zero-order valence-electron chi connectivity index (χ0n) is 13.5. The lowest BCUT2D eigenvalue weighted by atomic mass is 10.1.